The summed E-state index contributed by atoms with van der Waals surface area (Å²) in [7, 11) is 0. The van der Waals surface area contributed by atoms with Gasteiger partial charge in [0.25, 0.3) is 0 Å². The Kier molecular flexibility index (Phi) is 7.11. The lowest BCUT2D eigenvalue weighted by atomic mass is 10.2. The Morgan fingerprint density at radius 3 is 2.57 bits per heavy atom. The first-order valence-corrected chi connectivity index (χ1v) is 5.16. The first kappa shape index (κ1) is 13.2. The molecule has 0 saturated carbocycles. The predicted molar refractivity (Wildman–Crippen MR) is 55.9 cm³/mol. The highest BCUT2D eigenvalue weighted by molar-refractivity contribution is 5.88. The first-order valence-electron chi connectivity index (χ1n) is 5.16. The van der Waals surface area contributed by atoms with Crippen molar-refractivity contribution in [2.45, 2.75) is 46.1 Å². The van der Waals surface area contributed by atoms with E-state index in [0.29, 0.717) is 5.57 Å². The molecule has 0 bridgehead atoms. The summed E-state index contributed by atoms with van der Waals surface area (Å²) in [6.45, 7) is 5.57. The molecule has 1 unspecified atom stereocenters. The molecule has 1 N–H and O–H groups in total. The van der Waals surface area contributed by atoms with E-state index in [1.807, 2.05) is 20.8 Å². The van der Waals surface area contributed by atoms with Gasteiger partial charge >= 0.3 is 5.97 Å². The molecule has 3 heteroatoms. The largest absolute Gasteiger partial charge is 0.459 e. The van der Waals surface area contributed by atoms with Crippen molar-refractivity contribution in [2.24, 2.45) is 0 Å². The molecule has 0 aromatic heterocycles. The second-order valence-corrected chi connectivity index (χ2v) is 3.30. The van der Waals surface area contributed by atoms with Crippen molar-refractivity contribution >= 4 is 5.97 Å². The van der Waals surface area contributed by atoms with Crippen molar-refractivity contribution in [3.63, 3.8) is 0 Å². The Labute approximate surface area is 85.8 Å². The molecule has 14 heavy (non-hydrogen) atoms. The number of allylic oxidation sites excluding steroid dienone is 1. The van der Waals surface area contributed by atoms with Crippen LogP contribution in [0, 0.1) is 0 Å². The molecule has 0 aromatic carbocycles. The number of unbranched alkanes of at least 4 members (excludes halogenated alkanes) is 1. The summed E-state index contributed by atoms with van der Waals surface area (Å²) in [5, 5.41) is 8.94. The van der Waals surface area contributed by atoms with Crippen LogP contribution in [0.2, 0.25) is 0 Å². The van der Waals surface area contributed by atoms with Crippen LogP contribution in [0.4, 0.5) is 0 Å². The third-order valence-corrected chi connectivity index (χ3v) is 2.00. The van der Waals surface area contributed by atoms with Crippen LogP contribution in [0.1, 0.15) is 40.0 Å². The minimum absolute atomic E-state index is 0.0842. The van der Waals surface area contributed by atoms with E-state index in [2.05, 4.69) is 0 Å². The molecule has 0 aliphatic rings. The van der Waals surface area contributed by atoms with Crippen LogP contribution in [-0.2, 0) is 9.53 Å². The zero-order chi connectivity index (χ0) is 11.0. The summed E-state index contributed by atoms with van der Waals surface area (Å²) in [6.07, 6.45) is 4.20. The lowest BCUT2D eigenvalue weighted by Crippen LogP contribution is -2.17. The number of rotatable bonds is 6. The zero-order valence-corrected chi connectivity index (χ0v) is 9.25. The number of hydrogen-bond acceptors (Lipinski definition) is 3. The minimum Gasteiger partial charge on any atom is -0.459 e. The lowest BCUT2D eigenvalue weighted by Gasteiger charge is -2.11. The number of carbonyl (C=O) groups excluding carboxylic acids is 1. The standard InChI is InChI=1S/C11H20O3/c1-4-6-7-10(8-12)11(13)14-9(3)5-2/h7,9,12H,4-6,8H2,1-3H3. The highest BCUT2D eigenvalue weighted by Gasteiger charge is 2.12. The van der Waals surface area contributed by atoms with Crippen LogP contribution in [0.5, 0.6) is 0 Å². The Morgan fingerprint density at radius 1 is 1.50 bits per heavy atom. The van der Waals surface area contributed by atoms with Crippen LogP contribution >= 0.6 is 0 Å². The van der Waals surface area contributed by atoms with E-state index < -0.39 is 5.97 Å². The van der Waals surface area contributed by atoms with Gasteiger partial charge in [0.1, 0.15) is 0 Å². The highest BCUT2D eigenvalue weighted by Crippen LogP contribution is 2.05. The molecule has 0 rings (SSSR count). The van der Waals surface area contributed by atoms with Gasteiger partial charge in [-0.25, -0.2) is 4.79 Å². The van der Waals surface area contributed by atoms with Crippen molar-refractivity contribution in [1.29, 1.82) is 0 Å². The van der Waals surface area contributed by atoms with Crippen LogP contribution in [0.15, 0.2) is 11.6 Å². The Hall–Kier alpha value is -0.830. The maximum atomic E-state index is 11.4. The second-order valence-electron chi connectivity index (χ2n) is 3.30. The molecule has 0 heterocycles. The van der Waals surface area contributed by atoms with Gasteiger partial charge in [0.05, 0.1) is 18.3 Å². The fraction of sp³-hybridized carbons (Fsp3) is 0.727. The molecule has 0 aromatic rings. The van der Waals surface area contributed by atoms with Gasteiger partial charge in [-0.3, -0.25) is 0 Å². The summed E-state index contributed by atoms with van der Waals surface area (Å²) < 4.78 is 5.08. The Morgan fingerprint density at radius 2 is 2.14 bits per heavy atom. The summed E-state index contributed by atoms with van der Waals surface area (Å²) in [6, 6.07) is 0. The van der Waals surface area contributed by atoms with Gasteiger partial charge in [0.2, 0.25) is 0 Å². The number of aliphatic hydroxyl groups excluding tert-OH is 1. The summed E-state index contributed by atoms with van der Waals surface area (Å²) in [5.41, 5.74) is 0.368. The summed E-state index contributed by atoms with van der Waals surface area (Å²) >= 11 is 0. The zero-order valence-electron chi connectivity index (χ0n) is 9.25. The van der Waals surface area contributed by atoms with Crippen molar-refractivity contribution in [1.82, 2.24) is 0 Å². The summed E-state index contributed by atoms with van der Waals surface area (Å²) in [5.74, 6) is -0.393. The smallest absolute Gasteiger partial charge is 0.336 e. The normalized spacial score (nSPS) is 13.9. The molecule has 0 amide bonds. The molecule has 3 nitrogen and oxygen atoms in total. The number of carbonyl (C=O) groups is 1. The number of hydrogen-bond donors (Lipinski definition) is 1. The van der Waals surface area contributed by atoms with Gasteiger partial charge in [-0.05, 0) is 19.8 Å². The number of ether oxygens (including phenoxy) is 1. The molecule has 0 radical (unpaired) electrons. The van der Waals surface area contributed by atoms with E-state index in [4.69, 9.17) is 9.84 Å². The molecular formula is C11H20O3. The van der Waals surface area contributed by atoms with Crippen LogP contribution in [-0.4, -0.2) is 23.8 Å². The summed E-state index contributed by atoms with van der Waals surface area (Å²) in [4.78, 5) is 11.4. The highest BCUT2D eigenvalue weighted by atomic mass is 16.5. The van der Waals surface area contributed by atoms with Crippen LogP contribution < -0.4 is 0 Å². The van der Waals surface area contributed by atoms with E-state index in [0.717, 1.165) is 19.3 Å². The Bertz CT molecular complexity index is 197. The van der Waals surface area contributed by atoms with E-state index in [9.17, 15) is 4.79 Å². The third-order valence-electron chi connectivity index (χ3n) is 2.00. The lowest BCUT2D eigenvalue weighted by molar-refractivity contribution is -0.144. The average molecular weight is 200 g/mol. The molecule has 0 saturated heterocycles. The second kappa shape index (κ2) is 7.56. The van der Waals surface area contributed by atoms with Crippen molar-refractivity contribution in [3.8, 4) is 0 Å². The fourth-order valence-electron chi connectivity index (χ4n) is 0.873. The fourth-order valence-corrected chi connectivity index (χ4v) is 0.873. The van der Waals surface area contributed by atoms with Crippen molar-refractivity contribution in [3.05, 3.63) is 11.6 Å². The van der Waals surface area contributed by atoms with Crippen molar-refractivity contribution in [2.75, 3.05) is 6.61 Å². The van der Waals surface area contributed by atoms with E-state index in [-0.39, 0.29) is 12.7 Å². The molecule has 1 atom stereocenters. The maximum absolute atomic E-state index is 11.4. The van der Waals surface area contributed by atoms with Gasteiger partial charge in [0, 0.05) is 0 Å². The first-order chi connectivity index (χ1) is 6.65. The van der Waals surface area contributed by atoms with Gasteiger partial charge < -0.3 is 9.84 Å². The Balaban J connectivity index is 4.17. The molecular weight excluding hydrogens is 180 g/mol. The molecule has 0 fully saturated rings. The number of esters is 1. The van der Waals surface area contributed by atoms with Gasteiger partial charge in [0.15, 0.2) is 0 Å². The van der Waals surface area contributed by atoms with Gasteiger partial charge in [-0.2, -0.15) is 0 Å². The van der Waals surface area contributed by atoms with Gasteiger partial charge in [-0.15, -0.1) is 0 Å². The SMILES string of the molecule is CCCC=C(CO)C(=O)OC(C)CC. The predicted octanol–water partition coefficient (Wildman–Crippen LogP) is 2.05. The monoisotopic (exact) mass is 200 g/mol. The molecule has 82 valence electrons. The topological polar surface area (TPSA) is 46.5 Å². The van der Waals surface area contributed by atoms with Crippen molar-refractivity contribution < 1.29 is 14.6 Å². The number of aliphatic hydroxyl groups is 1. The quantitative estimate of drug-likeness (QED) is 0.527. The van der Waals surface area contributed by atoms with Crippen LogP contribution in [0.3, 0.4) is 0 Å². The molecule has 0 aliphatic heterocycles. The third kappa shape index (κ3) is 5.02. The molecule has 0 aliphatic carbocycles. The van der Waals surface area contributed by atoms with E-state index >= 15 is 0 Å². The molecule has 0 spiro atoms. The minimum atomic E-state index is -0.393. The van der Waals surface area contributed by atoms with E-state index in [1.54, 1.807) is 6.08 Å². The van der Waals surface area contributed by atoms with Gasteiger partial charge in [-0.1, -0.05) is 26.3 Å². The van der Waals surface area contributed by atoms with Crippen LogP contribution in [0.25, 0.3) is 0 Å². The van der Waals surface area contributed by atoms with E-state index in [1.165, 1.54) is 0 Å². The average Bonchev–Trinajstić information content (AvgIpc) is 2.18. The maximum Gasteiger partial charge on any atom is 0.336 e.